The first-order chi connectivity index (χ1) is 15.8. The molecule has 0 spiro atoms. The van der Waals surface area contributed by atoms with Crippen molar-refractivity contribution < 1.29 is 14.3 Å². The summed E-state index contributed by atoms with van der Waals surface area (Å²) >= 11 is 0. The molecule has 1 fully saturated rings. The second kappa shape index (κ2) is 10.6. The summed E-state index contributed by atoms with van der Waals surface area (Å²) in [5, 5.41) is 2.11. The Kier molecular flexibility index (Phi) is 7.40. The molecular weight excluding hydrogens is 400 g/mol. The van der Waals surface area contributed by atoms with Gasteiger partial charge in [-0.2, -0.15) is 0 Å². The molecule has 0 unspecified atom stereocenters. The maximum absolute atomic E-state index is 6.67. The zero-order valence-corrected chi connectivity index (χ0v) is 19.0. The summed E-state index contributed by atoms with van der Waals surface area (Å²) in [4.78, 5) is 11.2. The van der Waals surface area contributed by atoms with Crippen molar-refractivity contribution in [2.45, 2.75) is 50.9 Å². The first-order valence-electron chi connectivity index (χ1n) is 11.3. The van der Waals surface area contributed by atoms with Gasteiger partial charge in [0.25, 0.3) is 0 Å². The number of pyridine rings is 1. The molecule has 0 aliphatic heterocycles. The average Bonchev–Trinajstić information content (AvgIpc) is 2.86. The van der Waals surface area contributed by atoms with Crippen LogP contribution < -0.4 is 9.80 Å². The average molecular weight is 433 g/mol. The van der Waals surface area contributed by atoms with E-state index < -0.39 is 0 Å². The Labute approximate surface area is 190 Å². The van der Waals surface area contributed by atoms with Crippen molar-refractivity contribution in [3.63, 3.8) is 0 Å². The molecule has 1 aliphatic rings. The van der Waals surface area contributed by atoms with E-state index in [-0.39, 0.29) is 5.54 Å². The largest absolute Gasteiger partial charge is 0.492 e. The van der Waals surface area contributed by atoms with Crippen LogP contribution in [-0.4, -0.2) is 19.2 Å². The van der Waals surface area contributed by atoms with Crippen LogP contribution in [0.2, 0.25) is 0 Å². The number of benzene rings is 2. The van der Waals surface area contributed by atoms with E-state index in [9.17, 15) is 0 Å². The maximum atomic E-state index is 6.67. The lowest BCUT2D eigenvalue weighted by Crippen LogP contribution is -2.48. The van der Waals surface area contributed by atoms with Crippen molar-refractivity contribution in [2.24, 2.45) is 0 Å². The molecule has 1 aromatic heterocycles. The van der Waals surface area contributed by atoms with Crippen LogP contribution in [0, 0.1) is 0 Å². The second-order valence-electron chi connectivity index (χ2n) is 8.25. The highest BCUT2D eigenvalue weighted by atomic mass is 16.7. The van der Waals surface area contributed by atoms with Crippen LogP contribution in [0.25, 0.3) is 0 Å². The highest BCUT2D eigenvalue weighted by Gasteiger charge is 2.42. The van der Waals surface area contributed by atoms with E-state index >= 15 is 0 Å². The number of anilines is 1. The van der Waals surface area contributed by atoms with Crippen molar-refractivity contribution in [2.75, 3.05) is 19.3 Å². The normalized spacial score (nSPS) is 15.3. The minimum atomic E-state index is -0.284. The van der Waals surface area contributed by atoms with E-state index in [0.717, 1.165) is 42.6 Å². The van der Waals surface area contributed by atoms with E-state index in [0.29, 0.717) is 19.0 Å². The SMILES string of the molecule is COCc1nccc(N(OCc2ccccc2)C2(c3ccccc3)CCCCC2)c1OC. The first-order valence-corrected chi connectivity index (χ1v) is 11.3. The lowest BCUT2D eigenvalue weighted by Gasteiger charge is -2.47. The first kappa shape index (κ1) is 22.3. The molecule has 0 atom stereocenters. The monoisotopic (exact) mass is 432 g/mol. The van der Waals surface area contributed by atoms with Crippen molar-refractivity contribution in [3.8, 4) is 5.75 Å². The van der Waals surface area contributed by atoms with Crippen LogP contribution in [0.1, 0.15) is 48.9 Å². The molecule has 5 heteroatoms. The fourth-order valence-corrected chi connectivity index (χ4v) is 4.73. The van der Waals surface area contributed by atoms with Gasteiger partial charge in [0.15, 0.2) is 5.75 Å². The summed E-state index contributed by atoms with van der Waals surface area (Å²) in [5.41, 5.74) is 3.76. The minimum absolute atomic E-state index is 0.284. The Hall–Kier alpha value is -2.89. The van der Waals surface area contributed by atoms with Crippen molar-refractivity contribution in [3.05, 3.63) is 89.7 Å². The van der Waals surface area contributed by atoms with Gasteiger partial charge in [-0.05, 0) is 30.0 Å². The topological polar surface area (TPSA) is 43.8 Å². The molecule has 0 radical (unpaired) electrons. The third kappa shape index (κ3) is 4.64. The van der Waals surface area contributed by atoms with E-state index in [1.165, 1.54) is 12.0 Å². The van der Waals surface area contributed by atoms with Crippen molar-refractivity contribution >= 4 is 5.69 Å². The van der Waals surface area contributed by atoms with Gasteiger partial charge in [0.05, 0.1) is 25.9 Å². The van der Waals surface area contributed by atoms with Gasteiger partial charge in [-0.25, -0.2) is 5.06 Å². The molecule has 5 nitrogen and oxygen atoms in total. The van der Waals surface area contributed by atoms with E-state index in [2.05, 4.69) is 52.5 Å². The Balaban J connectivity index is 1.82. The molecule has 1 aliphatic carbocycles. The maximum Gasteiger partial charge on any atom is 0.168 e. The van der Waals surface area contributed by atoms with Crippen molar-refractivity contribution in [1.82, 2.24) is 4.98 Å². The number of hydroxylamine groups is 1. The number of aromatic nitrogens is 1. The molecule has 32 heavy (non-hydrogen) atoms. The van der Waals surface area contributed by atoms with Gasteiger partial charge in [0.1, 0.15) is 11.4 Å². The Bertz CT molecular complexity index is 973. The number of rotatable bonds is 9. The minimum Gasteiger partial charge on any atom is -0.492 e. The number of nitrogens with zero attached hydrogens (tertiary/aromatic N) is 2. The van der Waals surface area contributed by atoms with Gasteiger partial charge in [0.2, 0.25) is 0 Å². The summed E-state index contributed by atoms with van der Waals surface area (Å²) in [6.45, 7) is 0.850. The number of hydrogen-bond acceptors (Lipinski definition) is 5. The molecule has 1 heterocycles. The second-order valence-corrected chi connectivity index (χ2v) is 8.25. The molecule has 1 saturated carbocycles. The number of methoxy groups -OCH3 is 2. The fraction of sp³-hybridized carbons (Fsp3) is 0.370. The van der Waals surface area contributed by atoms with Gasteiger partial charge in [0, 0.05) is 13.3 Å². The quantitative estimate of drug-likeness (QED) is 0.386. The highest BCUT2D eigenvalue weighted by molar-refractivity contribution is 5.61. The molecule has 4 rings (SSSR count). The number of hydrogen-bond donors (Lipinski definition) is 0. The van der Waals surface area contributed by atoms with Crippen LogP contribution in [-0.2, 0) is 28.3 Å². The highest BCUT2D eigenvalue weighted by Crippen LogP contribution is 2.47. The van der Waals surface area contributed by atoms with Crippen molar-refractivity contribution in [1.29, 1.82) is 0 Å². The van der Waals surface area contributed by atoms with Crippen LogP contribution in [0.4, 0.5) is 5.69 Å². The molecule has 0 bridgehead atoms. The van der Waals surface area contributed by atoms with Gasteiger partial charge >= 0.3 is 0 Å². The molecule has 168 valence electrons. The molecule has 0 N–H and O–H groups in total. The summed E-state index contributed by atoms with van der Waals surface area (Å²) < 4.78 is 11.3. The summed E-state index contributed by atoms with van der Waals surface area (Å²) in [7, 11) is 3.36. The summed E-state index contributed by atoms with van der Waals surface area (Å²) in [5.74, 6) is 0.697. The number of ether oxygens (including phenoxy) is 2. The third-order valence-corrected chi connectivity index (χ3v) is 6.25. The van der Waals surface area contributed by atoms with E-state index in [1.807, 2.05) is 30.5 Å². The van der Waals surface area contributed by atoms with Gasteiger partial charge in [-0.1, -0.05) is 79.9 Å². The van der Waals surface area contributed by atoms with E-state index in [1.54, 1.807) is 14.2 Å². The van der Waals surface area contributed by atoms with E-state index in [4.69, 9.17) is 14.3 Å². The van der Waals surface area contributed by atoms with Gasteiger partial charge in [-0.15, -0.1) is 0 Å². The molecule has 0 amide bonds. The van der Waals surface area contributed by atoms with Gasteiger partial charge < -0.3 is 9.47 Å². The van der Waals surface area contributed by atoms with Gasteiger partial charge in [-0.3, -0.25) is 9.82 Å². The fourth-order valence-electron chi connectivity index (χ4n) is 4.73. The standard InChI is InChI=1S/C27H32N2O3/c1-30-21-24-26(31-2)25(16-19-28-24)29(32-20-22-12-6-3-7-13-22)27(17-10-5-11-18-27)23-14-8-4-9-15-23/h3-4,6-9,12-16,19H,5,10-11,17-18,20-21H2,1-2H3. The smallest absolute Gasteiger partial charge is 0.168 e. The van der Waals surface area contributed by atoms with Crippen LogP contribution >= 0.6 is 0 Å². The molecule has 2 aromatic carbocycles. The zero-order chi connectivity index (χ0) is 22.2. The molecule has 0 saturated heterocycles. The zero-order valence-electron chi connectivity index (χ0n) is 19.0. The Morgan fingerprint density at radius 2 is 1.53 bits per heavy atom. The lowest BCUT2D eigenvalue weighted by molar-refractivity contribution is 0.0190. The predicted octanol–water partition coefficient (Wildman–Crippen LogP) is 6.03. The summed E-state index contributed by atoms with van der Waals surface area (Å²) in [6.07, 6.45) is 7.38. The van der Waals surface area contributed by atoms with Crippen LogP contribution in [0.3, 0.4) is 0 Å². The lowest BCUT2D eigenvalue weighted by atomic mass is 9.76. The third-order valence-electron chi connectivity index (χ3n) is 6.25. The molecule has 3 aromatic rings. The Morgan fingerprint density at radius 1 is 0.844 bits per heavy atom. The molecular formula is C27H32N2O3. The summed E-state index contributed by atoms with van der Waals surface area (Å²) in [6, 6.07) is 23.0. The predicted molar refractivity (Wildman–Crippen MR) is 126 cm³/mol. The van der Waals surface area contributed by atoms with Crippen LogP contribution in [0.15, 0.2) is 72.9 Å². The van der Waals surface area contributed by atoms with Crippen LogP contribution in [0.5, 0.6) is 5.75 Å². The Morgan fingerprint density at radius 3 is 2.19 bits per heavy atom.